The van der Waals surface area contributed by atoms with Gasteiger partial charge in [-0.15, -0.1) is 11.3 Å². The van der Waals surface area contributed by atoms with Crippen LogP contribution in [0.1, 0.15) is 33.9 Å². The van der Waals surface area contributed by atoms with Crippen molar-refractivity contribution in [3.05, 3.63) is 52.2 Å². The van der Waals surface area contributed by atoms with E-state index in [-0.39, 0.29) is 24.3 Å². The van der Waals surface area contributed by atoms with Crippen LogP contribution in [-0.2, 0) is 0 Å². The third kappa shape index (κ3) is 4.91. The molecule has 3 N–H and O–H groups in total. The Balaban J connectivity index is 1.91. The monoisotopic (exact) mass is 332 g/mol. The average Bonchev–Trinajstić information content (AvgIpc) is 3.07. The minimum atomic E-state index is -0.566. The molecule has 0 fully saturated rings. The van der Waals surface area contributed by atoms with E-state index in [4.69, 9.17) is 0 Å². The van der Waals surface area contributed by atoms with Gasteiger partial charge >= 0.3 is 0 Å². The molecule has 1 aromatic carbocycles. The van der Waals surface area contributed by atoms with Crippen molar-refractivity contribution in [2.75, 3.05) is 11.9 Å². The number of carbonyl (C=O) groups excluding carboxylic acids is 2. The molecule has 0 aliphatic carbocycles. The molecule has 0 aliphatic heterocycles. The number of aliphatic hydroxyl groups excluding tert-OH is 1. The van der Waals surface area contributed by atoms with Crippen LogP contribution < -0.4 is 10.6 Å². The van der Waals surface area contributed by atoms with Gasteiger partial charge in [-0.1, -0.05) is 19.9 Å². The molecule has 0 aliphatic rings. The first-order valence-corrected chi connectivity index (χ1v) is 8.26. The molecule has 5 nitrogen and oxygen atoms in total. The summed E-state index contributed by atoms with van der Waals surface area (Å²) in [4.78, 5) is 24.5. The van der Waals surface area contributed by atoms with Gasteiger partial charge in [0.05, 0.1) is 11.0 Å². The number of aliphatic hydroxyl groups is 1. The SMILES string of the molecule is CC(C)C(O)CNC(=O)c1ccc(NC(=O)c2cccs2)cc1. The number of hydrogen-bond donors (Lipinski definition) is 3. The first kappa shape index (κ1) is 17.2. The van der Waals surface area contributed by atoms with Crippen LogP contribution in [0.2, 0.25) is 0 Å². The standard InChI is InChI=1S/C17H20N2O3S/c1-11(2)14(20)10-18-16(21)12-5-7-13(8-6-12)19-17(22)15-4-3-9-23-15/h3-9,11,14,20H,10H2,1-2H3,(H,18,21)(H,19,22). The fourth-order valence-electron chi connectivity index (χ4n) is 1.84. The summed E-state index contributed by atoms with van der Waals surface area (Å²) in [7, 11) is 0. The quantitative estimate of drug-likeness (QED) is 0.761. The van der Waals surface area contributed by atoms with Crippen LogP contribution >= 0.6 is 11.3 Å². The van der Waals surface area contributed by atoms with Gasteiger partial charge in [0.25, 0.3) is 11.8 Å². The highest BCUT2D eigenvalue weighted by molar-refractivity contribution is 7.12. The second-order valence-electron chi connectivity index (χ2n) is 5.53. The highest BCUT2D eigenvalue weighted by Crippen LogP contribution is 2.14. The van der Waals surface area contributed by atoms with Gasteiger partial charge in [0, 0.05) is 17.8 Å². The molecular formula is C17H20N2O3S. The summed E-state index contributed by atoms with van der Waals surface area (Å²) in [5.74, 6) is -0.330. The van der Waals surface area contributed by atoms with Crippen molar-refractivity contribution >= 4 is 28.8 Å². The van der Waals surface area contributed by atoms with Crippen molar-refractivity contribution in [1.29, 1.82) is 0 Å². The Morgan fingerprint density at radius 2 is 1.83 bits per heavy atom. The second kappa shape index (κ2) is 7.89. The van der Waals surface area contributed by atoms with E-state index in [2.05, 4.69) is 10.6 Å². The molecule has 6 heteroatoms. The van der Waals surface area contributed by atoms with Gasteiger partial charge in [0.15, 0.2) is 0 Å². The predicted octanol–water partition coefficient (Wildman–Crippen LogP) is 2.75. The molecule has 0 saturated carbocycles. The molecule has 0 radical (unpaired) electrons. The van der Waals surface area contributed by atoms with Crippen LogP contribution in [0.25, 0.3) is 0 Å². The van der Waals surface area contributed by atoms with E-state index in [0.717, 1.165) is 0 Å². The van der Waals surface area contributed by atoms with Crippen molar-refractivity contribution < 1.29 is 14.7 Å². The number of carbonyl (C=O) groups is 2. The second-order valence-corrected chi connectivity index (χ2v) is 6.48. The van der Waals surface area contributed by atoms with Gasteiger partial charge in [-0.3, -0.25) is 9.59 Å². The van der Waals surface area contributed by atoms with Gasteiger partial charge < -0.3 is 15.7 Å². The molecule has 0 spiro atoms. The smallest absolute Gasteiger partial charge is 0.265 e. The summed E-state index contributed by atoms with van der Waals surface area (Å²) in [6.07, 6.45) is -0.566. The maximum atomic E-state index is 12.0. The van der Waals surface area contributed by atoms with E-state index in [0.29, 0.717) is 16.1 Å². The zero-order valence-corrected chi connectivity index (χ0v) is 13.9. The molecule has 2 rings (SSSR count). The fraction of sp³-hybridized carbons (Fsp3) is 0.294. The van der Waals surface area contributed by atoms with E-state index in [1.165, 1.54) is 11.3 Å². The Morgan fingerprint density at radius 1 is 1.13 bits per heavy atom. The number of amides is 2. The number of benzene rings is 1. The summed E-state index contributed by atoms with van der Waals surface area (Å²) in [6.45, 7) is 4.00. The molecule has 0 bridgehead atoms. The molecule has 1 atom stereocenters. The van der Waals surface area contributed by atoms with E-state index in [1.807, 2.05) is 25.3 Å². The Labute approximate surface area is 139 Å². The molecule has 2 aromatic rings. The van der Waals surface area contributed by atoms with Gasteiger partial charge in [-0.05, 0) is 41.6 Å². The van der Waals surface area contributed by atoms with Gasteiger partial charge in [0.1, 0.15) is 0 Å². The van der Waals surface area contributed by atoms with Crippen LogP contribution in [0.5, 0.6) is 0 Å². The van der Waals surface area contributed by atoms with Gasteiger partial charge in [0.2, 0.25) is 0 Å². The van der Waals surface area contributed by atoms with E-state index in [1.54, 1.807) is 30.3 Å². The van der Waals surface area contributed by atoms with E-state index in [9.17, 15) is 14.7 Å². The van der Waals surface area contributed by atoms with Crippen molar-refractivity contribution in [1.82, 2.24) is 5.32 Å². The van der Waals surface area contributed by atoms with Crippen LogP contribution in [0, 0.1) is 5.92 Å². The van der Waals surface area contributed by atoms with Crippen molar-refractivity contribution in [3.63, 3.8) is 0 Å². The van der Waals surface area contributed by atoms with Crippen LogP contribution in [0.15, 0.2) is 41.8 Å². The minimum absolute atomic E-state index is 0.0881. The van der Waals surface area contributed by atoms with Crippen LogP contribution in [0.4, 0.5) is 5.69 Å². The van der Waals surface area contributed by atoms with E-state index < -0.39 is 6.10 Å². The minimum Gasteiger partial charge on any atom is -0.391 e. The largest absolute Gasteiger partial charge is 0.391 e. The molecule has 1 aromatic heterocycles. The number of nitrogens with one attached hydrogen (secondary N) is 2. The van der Waals surface area contributed by atoms with Crippen LogP contribution in [0.3, 0.4) is 0 Å². The highest BCUT2D eigenvalue weighted by Gasteiger charge is 2.12. The summed E-state index contributed by atoms with van der Waals surface area (Å²) >= 11 is 1.37. The highest BCUT2D eigenvalue weighted by atomic mass is 32.1. The summed E-state index contributed by atoms with van der Waals surface area (Å²) in [6, 6.07) is 10.2. The fourth-order valence-corrected chi connectivity index (χ4v) is 2.46. The Kier molecular flexibility index (Phi) is 5.90. The average molecular weight is 332 g/mol. The Morgan fingerprint density at radius 3 is 2.39 bits per heavy atom. The lowest BCUT2D eigenvalue weighted by Crippen LogP contribution is -2.34. The molecule has 2 amide bonds. The number of thiophene rings is 1. The first-order chi connectivity index (χ1) is 11.0. The van der Waals surface area contributed by atoms with Crippen molar-refractivity contribution in [2.45, 2.75) is 20.0 Å². The predicted molar refractivity (Wildman–Crippen MR) is 91.9 cm³/mol. The third-order valence-electron chi connectivity index (χ3n) is 3.39. The van der Waals surface area contributed by atoms with Crippen molar-refractivity contribution in [3.8, 4) is 0 Å². The summed E-state index contributed by atoms with van der Waals surface area (Å²) in [5, 5.41) is 17.0. The summed E-state index contributed by atoms with van der Waals surface area (Å²) < 4.78 is 0. The maximum absolute atomic E-state index is 12.0. The molecule has 122 valence electrons. The van der Waals surface area contributed by atoms with Gasteiger partial charge in [-0.25, -0.2) is 0 Å². The molecule has 23 heavy (non-hydrogen) atoms. The number of hydrogen-bond acceptors (Lipinski definition) is 4. The topological polar surface area (TPSA) is 78.4 Å². The molecule has 1 heterocycles. The lowest BCUT2D eigenvalue weighted by Gasteiger charge is -2.15. The normalized spacial score (nSPS) is 12.0. The number of anilines is 1. The molecule has 0 saturated heterocycles. The Hall–Kier alpha value is -2.18. The lowest BCUT2D eigenvalue weighted by molar-refractivity contribution is 0.0871. The first-order valence-electron chi connectivity index (χ1n) is 7.38. The van der Waals surface area contributed by atoms with E-state index >= 15 is 0 Å². The third-order valence-corrected chi connectivity index (χ3v) is 4.26. The Bertz CT molecular complexity index is 651. The molecular weight excluding hydrogens is 312 g/mol. The van der Waals surface area contributed by atoms with Crippen LogP contribution in [-0.4, -0.2) is 29.6 Å². The molecule has 1 unspecified atom stereocenters. The summed E-state index contributed by atoms with van der Waals surface area (Å²) in [5.41, 5.74) is 1.11. The number of rotatable bonds is 6. The maximum Gasteiger partial charge on any atom is 0.265 e. The van der Waals surface area contributed by atoms with Gasteiger partial charge in [-0.2, -0.15) is 0 Å². The lowest BCUT2D eigenvalue weighted by atomic mass is 10.1. The van der Waals surface area contributed by atoms with Crippen molar-refractivity contribution in [2.24, 2.45) is 5.92 Å². The zero-order valence-electron chi connectivity index (χ0n) is 13.1. The zero-order chi connectivity index (χ0) is 16.8.